The highest BCUT2D eigenvalue weighted by Crippen LogP contribution is 2.60. The number of fused-ring (bicyclic) bond motifs is 1. The molecular weight excluding hydrogens is 374 g/mol. The Morgan fingerprint density at radius 3 is 2.10 bits per heavy atom. The van der Waals surface area contributed by atoms with Crippen molar-refractivity contribution in [1.29, 1.82) is 0 Å². The molecule has 2 amide bonds. The van der Waals surface area contributed by atoms with E-state index >= 15 is 0 Å². The molecule has 4 saturated carbocycles. The van der Waals surface area contributed by atoms with Crippen molar-refractivity contribution < 1.29 is 9.59 Å². The van der Waals surface area contributed by atoms with E-state index < -0.39 is 0 Å². The van der Waals surface area contributed by atoms with Crippen LogP contribution in [0.4, 0.5) is 0 Å². The maximum absolute atomic E-state index is 13.6. The molecular formula is C25H29N3O2. The Bertz CT molecular complexity index is 968. The van der Waals surface area contributed by atoms with Crippen molar-refractivity contribution in [3.8, 4) is 0 Å². The largest absolute Gasteiger partial charge is 0.339 e. The van der Waals surface area contributed by atoms with Gasteiger partial charge in [-0.15, -0.1) is 0 Å². The normalized spacial score (nSPS) is 32.6. The Balaban J connectivity index is 1.16. The van der Waals surface area contributed by atoms with Crippen LogP contribution in [0.1, 0.15) is 48.9 Å². The minimum Gasteiger partial charge on any atom is -0.339 e. The van der Waals surface area contributed by atoms with Crippen LogP contribution in [-0.2, 0) is 4.79 Å². The lowest BCUT2D eigenvalue weighted by Gasteiger charge is -2.57. The summed E-state index contributed by atoms with van der Waals surface area (Å²) in [4.78, 5) is 35.1. The number of hydrogen-bond donors (Lipinski definition) is 0. The van der Waals surface area contributed by atoms with E-state index in [0.717, 1.165) is 47.9 Å². The van der Waals surface area contributed by atoms with Crippen molar-refractivity contribution in [2.75, 3.05) is 26.2 Å². The van der Waals surface area contributed by atoms with Crippen LogP contribution in [0.3, 0.4) is 0 Å². The summed E-state index contributed by atoms with van der Waals surface area (Å²) in [7, 11) is 0. The lowest BCUT2D eigenvalue weighted by atomic mass is 9.49. The van der Waals surface area contributed by atoms with Crippen molar-refractivity contribution in [3.63, 3.8) is 0 Å². The lowest BCUT2D eigenvalue weighted by molar-refractivity contribution is -0.159. The molecule has 156 valence electrons. The SMILES string of the molecule is O=C(c1ccnc2ccccc12)N1CCN(C(=O)C23CC4CC(CC(C4)C2)C3)CC1. The first kappa shape index (κ1) is 18.3. The van der Waals surface area contributed by atoms with Gasteiger partial charge in [0.25, 0.3) is 5.91 Å². The van der Waals surface area contributed by atoms with Crippen LogP contribution < -0.4 is 0 Å². The van der Waals surface area contributed by atoms with Crippen molar-refractivity contribution in [2.45, 2.75) is 38.5 Å². The summed E-state index contributed by atoms with van der Waals surface area (Å²) < 4.78 is 0. The molecule has 5 aliphatic rings. The molecule has 1 aromatic carbocycles. The molecule has 5 fully saturated rings. The van der Waals surface area contributed by atoms with E-state index in [4.69, 9.17) is 0 Å². The highest BCUT2D eigenvalue weighted by atomic mass is 16.2. The molecule has 4 aliphatic carbocycles. The zero-order chi connectivity index (χ0) is 20.3. The molecule has 5 heteroatoms. The zero-order valence-corrected chi connectivity index (χ0v) is 17.4. The minimum atomic E-state index is -0.0811. The molecule has 2 aromatic rings. The lowest BCUT2D eigenvalue weighted by Crippen LogP contribution is -2.58. The fraction of sp³-hybridized carbons (Fsp3) is 0.560. The fourth-order valence-electron chi connectivity index (χ4n) is 7.27. The van der Waals surface area contributed by atoms with Crippen molar-refractivity contribution >= 4 is 22.7 Å². The molecule has 4 bridgehead atoms. The first-order valence-electron chi connectivity index (χ1n) is 11.5. The molecule has 1 saturated heterocycles. The topological polar surface area (TPSA) is 53.5 Å². The van der Waals surface area contributed by atoms with Crippen molar-refractivity contribution in [1.82, 2.24) is 14.8 Å². The first-order valence-corrected chi connectivity index (χ1v) is 11.5. The molecule has 30 heavy (non-hydrogen) atoms. The second-order valence-corrected chi connectivity index (χ2v) is 10.2. The van der Waals surface area contributed by atoms with Gasteiger partial charge in [0.1, 0.15) is 0 Å². The summed E-state index contributed by atoms with van der Waals surface area (Å²) in [5.41, 5.74) is 1.47. The number of pyridine rings is 1. The number of carbonyl (C=O) groups is 2. The fourth-order valence-corrected chi connectivity index (χ4v) is 7.27. The van der Waals surface area contributed by atoms with Crippen LogP contribution in [0.15, 0.2) is 36.5 Å². The third-order valence-electron chi connectivity index (χ3n) is 8.23. The van der Waals surface area contributed by atoms with E-state index in [1.807, 2.05) is 35.2 Å². The molecule has 5 nitrogen and oxygen atoms in total. The third kappa shape index (κ3) is 2.85. The van der Waals surface area contributed by atoms with Crippen LogP contribution in [0.5, 0.6) is 0 Å². The van der Waals surface area contributed by atoms with Gasteiger partial charge < -0.3 is 9.80 Å². The van der Waals surface area contributed by atoms with E-state index in [1.165, 1.54) is 19.3 Å². The van der Waals surface area contributed by atoms with Gasteiger partial charge in [-0.05, 0) is 68.4 Å². The number of carbonyl (C=O) groups excluding carboxylic acids is 2. The molecule has 1 aromatic heterocycles. The smallest absolute Gasteiger partial charge is 0.254 e. The predicted molar refractivity (Wildman–Crippen MR) is 115 cm³/mol. The predicted octanol–water partition coefficient (Wildman–Crippen LogP) is 3.74. The van der Waals surface area contributed by atoms with E-state index in [9.17, 15) is 9.59 Å². The van der Waals surface area contributed by atoms with Gasteiger partial charge in [0.2, 0.25) is 5.91 Å². The monoisotopic (exact) mass is 403 g/mol. The van der Waals surface area contributed by atoms with E-state index in [1.54, 1.807) is 6.20 Å². The average Bonchev–Trinajstić information content (AvgIpc) is 2.77. The Hall–Kier alpha value is -2.43. The molecule has 0 atom stereocenters. The standard InChI is InChI=1S/C25H29N3O2/c29-23(21-5-6-26-22-4-2-1-3-20(21)22)27-7-9-28(10-8-27)24(30)25-14-17-11-18(15-25)13-19(12-17)16-25/h1-6,17-19H,7-16H2. The van der Waals surface area contributed by atoms with Gasteiger partial charge in [0.05, 0.1) is 16.5 Å². The third-order valence-corrected chi connectivity index (χ3v) is 8.23. The minimum absolute atomic E-state index is 0.0514. The number of nitrogens with zero attached hydrogens (tertiary/aromatic N) is 3. The highest BCUT2D eigenvalue weighted by molar-refractivity contribution is 6.06. The number of para-hydroxylation sites is 1. The zero-order valence-electron chi connectivity index (χ0n) is 17.4. The summed E-state index contributed by atoms with van der Waals surface area (Å²) in [5.74, 6) is 2.78. The number of piperazine rings is 1. The number of benzene rings is 1. The highest BCUT2D eigenvalue weighted by Gasteiger charge is 2.55. The van der Waals surface area contributed by atoms with Gasteiger partial charge in [-0.3, -0.25) is 14.6 Å². The Morgan fingerprint density at radius 1 is 0.833 bits per heavy atom. The Morgan fingerprint density at radius 2 is 1.43 bits per heavy atom. The van der Waals surface area contributed by atoms with Gasteiger partial charge in [-0.2, -0.15) is 0 Å². The number of amides is 2. The Kier molecular flexibility index (Phi) is 4.15. The second kappa shape index (κ2) is 6.79. The van der Waals surface area contributed by atoms with Crippen molar-refractivity contribution in [2.24, 2.45) is 23.2 Å². The summed E-state index contributed by atoms with van der Waals surface area (Å²) in [6, 6.07) is 9.61. The summed E-state index contributed by atoms with van der Waals surface area (Å²) in [6.45, 7) is 2.56. The summed E-state index contributed by atoms with van der Waals surface area (Å²) >= 11 is 0. The molecule has 7 rings (SSSR count). The number of hydrogen-bond acceptors (Lipinski definition) is 3. The maximum Gasteiger partial charge on any atom is 0.254 e. The van der Waals surface area contributed by atoms with E-state index in [2.05, 4.69) is 9.88 Å². The van der Waals surface area contributed by atoms with Crippen LogP contribution in [-0.4, -0.2) is 52.8 Å². The molecule has 0 unspecified atom stereocenters. The number of rotatable bonds is 2. The maximum atomic E-state index is 13.6. The van der Waals surface area contributed by atoms with Gasteiger partial charge in [0, 0.05) is 37.8 Å². The van der Waals surface area contributed by atoms with E-state index in [0.29, 0.717) is 37.6 Å². The molecule has 0 radical (unpaired) electrons. The van der Waals surface area contributed by atoms with Crippen LogP contribution >= 0.6 is 0 Å². The second-order valence-electron chi connectivity index (χ2n) is 10.2. The molecule has 2 heterocycles. The Labute approximate surface area is 177 Å². The van der Waals surface area contributed by atoms with Crippen LogP contribution in [0.2, 0.25) is 0 Å². The summed E-state index contributed by atoms with van der Waals surface area (Å²) in [5, 5.41) is 0.900. The van der Waals surface area contributed by atoms with Gasteiger partial charge in [-0.25, -0.2) is 0 Å². The summed E-state index contributed by atoms with van der Waals surface area (Å²) in [6.07, 6.45) is 9.11. The number of aromatic nitrogens is 1. The molecule has 1 aliphatic heterocycles. The average molecular weight is 404 g/mol. The first-order chi connectivity index (χ1) is 14.6. The van der Waals surface area contributed by atoms with Crippen LogP contribution in [0, 0.1) is 23.2 Å². The molecule has 0 N–H and O–H groups in total. The van der Waals surface area contributed by atoms with Gasteiger partial charge in [0.15, 0.2) is 0 Å². The van der Waals surface area contributed by atoms with Crippen molar-refractivity contribution in [3.05, 3.63) is 42.1 Å². The van der Waals surface area contributed by atoms with Gasteiger partial charge >= 0.3 is 0 Å². The van der Waals surface area contributed by atoms with Crippen LogP contribution in [0.25, 0.3) is 10.9 Å². The van der Waals surface area contributed by atoms with Gasteiger partial charge in [-0.1, -0.05) is 18.2 Å². The van der Waals surface area contributed by atoms with E-state index in [-0.39, 0.29) is 11.3 Å². The molecule has 0 spiro atoms. The quantitative estimate of drug-likeness (QED) is 0.768.